The quantitative estimate of drug-likeness (QED) is 0.164. The first-order valence-corrected chi connectivity index (χ1v) is 31.7. The van der Waals surface area contributed by atoms with Gasteiger partial charge in [-0.3, -0.25) is 0 Å². The Hall–Kier alpha value is -9.54. The zero-order valence-electron chi connectivity index (χ0n) is 50.6. The Morgan fingerprint density at radius 3 is 0.713 bits per heavy atom. The van der Waals surface area contributed by atoms with Gasteiger partial charge in [0.2, 0.25) is 0 Å². The molecular formula is C84H66N2S. The van der Waals surface area contributed by atoms with Crippen LogP contribution >= 0.6 is 11.3 Å². The SMILES string of the molecule is CC1(C)c2cc(-c3ccccc3)ccc2N2c3ccc(-c4ccccc4)cc3C(C)(C)c3cc(-c4ccc5sc6ccc(-c7cc8c9c(c7)C(C)(C)c7cc(-c%10ccccc%10)ccc7N9c7ccc(-c9ccccc9)cc7C8(C)C)cc6c5c4)cc1c32. The van der Waals surface area contributed by atoms with Crippen LogP contribution in [0.25, 0.3) is 86.9 Å². The van der Waals surface area contributed by atoms with Gasteiger partial charge in [0, 0.05) is 41.8 Å². The summed E-state index contributed by atoms with van der Waals surface area (Å²) in [5.41, 5.74) is 32.0. The Labute approximate surface area is 515 Å². The van der Waals surface area contributed by atoms with E-state index >= 15 is 0 Å². The molecule has 5 heterocycles. The number of anilines is 6. The Balaban J connectivity index is 0.835. The van der Waals surface area contributed by atoms with Crippen LogP contribution in [0.4, 0.5) is 34.1 Å². The fourth-order valence-electron chi connectivity index (χ4n) is 15.6. The van der Waals surface area contributed by atoms with Crippen LogP contribution in [-0.4, -0.2) is 0 Å². The fraction of sp³-hybridized carbons (Fsp3) is 0.143. The summed E-state index contributed by atoms with van der Waals surface area (Å²) in [6.45, 7) is 19.6. The lowest BCUT2D eigenvalue weighted by Gasteiger charge is -2.50. The molecule has 13 aromatic rings. The number of rotatable bonds is 6. The van der Waals surface area contributed by atoms with E-state index in [4.69, 9.17) is 0 Å². The molecule has 418 valence electrons. The summed E-state index contributed by atoms with van der Waals surface area (Å²) in [6.07, 6.45) is 0. The highest BCUT2D eigenvalue weighted by atomic mass is 32.1. The standard InChI is InChI=1S/C84H66N2S/c1-81(2)65-43-57(51-21-13-9-14-22-51)29-35-73(65)85-74-36-30-58(52-23-15-10-16-24-52)44-66(74)82(3,4)70-48-61(47-69(81)79(70)85)55-33-39-77-63(41-55)64-42-56(34-40-78(64)87-77)62-49-71-80-72(50-62)84(7,8)68-46-60(54-27-19-12-20-28-54)32-38-76(68)86(80)75-37-31-59(45-67(75)83(71,5)6)53-25-17-11-18-26-53/h9-50H,1-8H3. The van der Waals surface area contributed by atoms with E-state index in [0.717, 1.165) is 0 Å². The first kappa shape index (κ1) is 51.8. The summed E-state index contributed by atoms with van der Waals surface area (Å²) in [5, 5.41) is 2.60. The van der Waals surface area contributed by atoms with Gasteiger partial charge in [-0.15, -0.1) is 11.3 Å². The van der Waals surface area contributed by atoms with Crippen molar-refractivity contribution in [1.82, 2.24) is 0 Å². The van der Waals surface area contributed by atoms with Gasteiger partial charge in [-0.05, 0) is 208 Å². The molecule has 12 aromatic carbocycles. The average molecular weight is 1140 g/mol. The molecule has 0 aliphatic carbocycles. The topological polar surface area (TPSA) is 6.48 Å². The zero-order chi connectivity index (χ0) is 58.9. The Morgan fingerprint density at radius 2 is 0.448 bits per heavy atom. The van der Waals surface area contributed by atoms with Gasteiger partial charge in [0.1, 0.15) is 0 Å². The van der Waals surface area contributed by atoms with Crippen molar-refractivity contribution < 1.29 is 0 Å². The second-order valence-corrected chi connectivity index (χ2v) is 28.0. The van der Waals surface area contributed by atoms with Crippen LogP contribution < -0.4 is 9.80 Å². The second kappa shape index (κ2) is 18.5. The molecule has 17 rings (SSSR count). The van der Waals surface area contributed by atoms with E-state index in [0.29, 0.717) is 0 Å². The fourth-order valence-corrected chi connectivity index (χ4v) is 16.7. The lowest BCUT2D eigenvalue weighted by Crippen LogP contribution is -2.38. The van der Waals surface area contributed by atoms with Crippen LogP contribution in [-0.2, 0) is 21.7 Å². The number of hydrogen-bond acceptors (Lipinski definition) is 3. The van der Waals surface area contributed by atoms with E-state index in [-0.39, 0.29) is 21.7 Å². The van der Waals surface area contributed by atoms with Crippen LogP contribution in [0.15, 0.2) is 255 Å². The van der Waals surface area contributed by atoms with Gasteiger partial charge >= 0.3 is 0 Å². The largest absolute Gasteiger partial charge is 0.309 e. The third kappa shape index (κ3) is 7.58. The van der Waals surface area contributed by atoms with Crippen LogP contribution in [0.1, 0.15) is 99.9 Å². The minimum atomic E-state index is -0.310. The number of fused-ring (bicyclic) bond motifs is 11. The highest BCUT2D eigenvalue weighted by Crippen LogP contribution is 2.64. The first-order valence-electron chi connectivity index (χ1n) is 30.9. The molecule has 0 atom stereocenters. The van der Waals surface area contributed by atoms with E-state index in [1.54, 1.807) is 0 Å². The Kier molecular flexibility index (Phi) is 11.0. The minimum absolute atomic E-state index is 0.310. The van der Waals surface area contributed by atoms with Crippen LogP contribution in [0.5, 0.6) is 0 Å². The molecule has 0 saturated carbocycles. The molecule has 2 nitrogen and oxygen atoms in total. The molecule has 1 aromatic heterocycles. The molecule has 0 spiro atoms. The highest BCUT2D eigenvalue weighted by Gasteiger charge is 2.48. The number of hydrogen-bond donors (Lipinski definition) is 0. The molecule has 87 heavy (non-hydrogen) atoms. The maximum absolute atomic E-state index is 2.60. The van der Waals surface area contributed by atoms with Gasteiger partial charge in [-0.2, -0.15) is 0 Å². The average Bonchev–Trinajstić information content (AvgIpc) is 1.09. The summed E-state index contributed by atoms with van der Waals surface area (Å²) in [4.78, 5) is 5.21. The third-order valence-corrected chi connectivity index (χ3v) is 21.7. The van der Waals surface area contributed by atoms with Crippen LogP contribution in [0.3, 0.4) is 0 Å². The predicted octanol–water partition coefficient (Wildman–Crippen LogP) is 23.6. The van der Waals surface area contributed by atoms with E-state index in [1.807, 2.05) is 11.3 Å². The summed E-state index contributed by atoms with van der Waals surface area (Å²) < 4.78 is 2.61. The van der Waals surface area contributed by atoms with Crippen molar-refractivity contribution in [1.29, 1.82) is 0 Å². The number of thiophene rings is 1. The molecule has 3 heteroatoms. The van der Waals surface area contributed by atoms with Gasteiger partial charge in [-0.25, -0.2) is 0 Å². The number of benzene rings is 12. The Bertz CT molecular complexity index is 4460. The third-order valence-electron chi connectivity index (χ3n) is 20.6. The molecule has 0 amide bonds. The maximum Gasteiger partial charge on any atom is 0.0544 e. The molecule has 0 unspecified atom stereocenters. The lowest BCUT2D eigenvalue weighted by atomic mass is 9.65. The highest BCUT2D eigenvalue weighted by molar-refractivity contribution is 7.25. The Morgan fingerprint density at radius 1 is 0.218 bits per heavy atom. The van der Waals surface area contributed by atoms with Gasteiger partial charge in [0.15, 0.2) is 0 Å². The van der Waals surface area contributed by atoms with Gasteiger partial charge in [0.05, 0.1) is 34.1 Å². The number of nitrogens with zero attached hydrogens (tertiary/aromatic N) is 2. The van der Waals surface area contributed by atoms with E-state index in [9.17, 15) is 0 Å². The van der Waals surface area contributed by atoms with Crippen molar-refractivity contribution in [3.05, 3.63) is 299 Å². The molecule has 0 radical (unpaired) electrons. The van der Waals surface area contributed by atoms with Crippen molar-refractivity contribution in [2.45, 2.75) is 77.0 Å². The maximum atomic E-state index is 2.60. The van der Waals surface area contributed by atoms with Crippen molar-refractivity contribution in [3.8, 4) is 66.8 Å². The molecule has 0 bridgehead atoms. The van der Waals surface area contributed by atoms with Crippen molar-refractivity contribution in [3.63, 3.8) is 0 Å². The molecule has 4 aliphatic rings. The first-order chi connectivity index (χ1) is 42.1. The molecule has 4 aliphatic heterocycles. The molecule has 0 N–H and O–H groups in total. The van der Waals surface area contributed by atoms with E-state index < -0.39 is 0 Å². The van der Waals surface area contributed by atoms with Crippen molar-refractivity contribution in [2.75, 3.05) is 9.80 Å². The normalized spacial score (nSPS) is 15.7. The molecular weight excluding hydrogens is 1070 g/mol. The molecule has 0 saturated heterocycles. The van der Waals surface area contributed by atoms with Crippen LogP contribution in [0, 0.1) is 0 Å². The minimum Gasteiger partial charge on any atom is -0.309 e. The van der Waals surface area contributed by atoms with Crippen molar-refractivity contribution >= 4 is 65.6 Å². The molecule has 0 fully saturated rings. The van der Waals surface area contributed by atoms with Crippen molar-refractivity contribution in [2.24, 2.45) is 0 Å². The van der Waals surface area contributed by atoms with Crippen LogP contribution in [0.2, 0.25) is 0 Å². The summed E-state index contributed by atoms with van der Waals surface area (Å²) >= 11 is 1.90. The predicted molar refractivity (Wildman–Crippen MR) is 370 cm³/mol. The van der Waals surface area contributed by atoms with Gasteiger partial charge < -0.3 is 9.80 Å². The smallest absolute Gasteiger partial charge is 0.0544 e. The lowest BCUT2D eigenvalue weighted by molar-refractivity contribution is 0.597. The van der Waals surface area contributed by atoms with Gasteiger partial charge in [-0.1, -0.05) is 213 Å². The van der Waals surface area contributed by atoms with Gasteiger partial charge in [0.25, 0.3) is 0 Å². The summed E-state index contributed by atoms with van der Waals surface area (Å²) in [7, 11) is 0. The van der Waals surface area contributed by atoms with E-state index in [2.05, 4.69) is 320 Å². The zero-order valence-corrected chi connectivity index (χ0v) is 51.4. The monoisotopic (exact) mass is 1130 g/mol. The van der Waals surface area contributed by atoms with E-state index in [1.165, 1.54) is 166 Å². The summed E-state index contributed by atoms with van der Waals surface area (Å²) in [6, 6.07) is 96.9. The second-order valence-electron chi connectivity index (χ2n) is 26.9. The summed E-state index contributed by atoms with van der Waals surface area (Å²) in [5.74, 6) is 0.